The van der Waals surface area contributed by atoms with Gasteiger partial charge in [0.05, 0.1) is 5.56 Å². The van der Waals surface area contributed by atoms with Gasteiger partial charge in [-0.2, -0.15) is 8.78 Å². The number of hydrogen-bond donors (Lipinski definition) is 2. The Balaban J connectivity index is 2.94. The van der Waals surface area contributed by atoms with Gasteiger partial charge in [0.25, 0.3) is 5.91 Å². The summed E-state index contributed by atoms with van der Waals surface area (Å²) in [4.78, 5) is 23.0. The highest BCUT2D eigenvalue weighted by Crippen LogP contribution is 2.20. The highest BCUT2D eigenvalue weighted by molar-refractivity contribution is 5.98. The molecule has 1 aromatic carbocycles. The van der Waals surface area contributed by atoms with E-state index in [1.165, 1.54) is 24.3 Å². The van der Waals surface area contributed by atoms with E-state index in [1.54, 1.807) is 13.8 Å². The minimum Gasteiger partial charge on any atom is -0.480 e. The molecule has 0 aliphatic carbocycles. The predicted molar refractivity (Wildman–Crippen MR) is 66.8 cm³/mol. The lowest BCUT2D eigenvalue weighted by Crippen LogP contribution is -2.44. The van der Waals surface area contributed by atoms with Crippen LogP contribution in [0.5, 0.6) is 5.75 Å². The number of aliphatic carboxylic acids is 1. The van der Waals surface area contributed by atoms with E-state index in [2.05, 4.69) is 10.1 Å². The van der Waals surface area contributed by atoms with E-state index in [0.29, 0.717) is 0 Å². The quantitative estimate of drug-likeness (QED) is 0.840. The van der Waals surface area contributed by atoms with Crippen LogP contribution in [0.25, 0.3) is 0 Å². The fourth-order valence-corrected chi connectivity index (χ4v) is 1.59. The van der Waals surface area contributed by atoms with E-state index < -0.39 is 24.5 Å². The number of halogens is 2. The Morgan fingerprint density at radius 1 is 1.25 bits per heavy atom. The summed E-state index contributed by atoms with van der Waals surface area (Å²) in [5.74, 6) is -2.62. The van der Waals surface area contributed by atoms with Gasteiger partial charge >= 0.3 is 12.6 Å². The number of carbonyl (C=O) groups excluding carboxylic acids is 1. The van der Waals surface area contributed by atoms with Crippen molar-refractivity contribution in [2.24, 2.45) is 5.92 Å². The SMILES string of the molecule is CC(C)[C@H](NC(=O)c1ccccc1OC(F)F)C(=O)O. The first-order valence-electron chi connectivity index (χ1n) is 5.90. The van der Waals surface area contributed by atoms with Crippen LogP contribution >= 0.6 is 0 Å². The Kier molecular flexibility index (Phi) is 5.42. The molecule has 0 heterocycles. The largest absolute Gasteiger partial charge is 0.480 e. The summed E-state index contributed by atoms with van der Waals surface area (Å²) in [5, 5.41) is 11.3. The van der Waals surface area contributed by atoms with E-state index in [0.717, 1.165) is 0 Å². The normalized spacial score (nSPS) is 12.3. The molecule has 110 valence electrons. The van der Waals surface area contributed by atoms with Crippen molar-refractivity contribution in [3.05, 3.63) is 29.8 Å². The lowest BCUT2D eigenvalue weighted by Gasteiger charge is -2.18. The summed E-state index contributed by atoms with van der Waals surface area (Å²) >= 11 is 0. The number of carbonyl (C=O) groups is 2. The number of nitrogens with one attached hydrogen (secondary N) is 1. The Morgan fingerprint density at radius 3 is 2.35 bits per heavy atom. The predicted octanol–water partition coefficient (Wildman–Crippen LogP) is 2.13. The summed E-state index contributed by atoms with van der Waals surface area (Å²) in [6.07, 6.45) is 0. The molecule has 7 heteroatoms. The molecule has 0 unspecified atom stereocenters. The summed E-state index contributed by atoms with van der Waals surface area (Å²) < 4.78 is 28.7. The zero-order valence-electron chi connectivity index (χ0n) is 11.0. The zero-order valence-corrected chi connectivity index (χ0v) is 11.0. The highest BCUT2D eigenvalue weighted by atomic mass is 19.3. The molecule has 5 nitrogen and oxygen atoms in total. The van der Waals surface area contributed by atoms with Crippen molar-refractivity contribution in [3.8, 4) is 5.75 Å². The van der Waals surface area contributed by atoms with Gasteiger partial charge in [-0.25, -0.2) is 4.79 Å². The number of carboxylic acid groups (broad SMARTS) is 1. The minimum absolute atomic E-state index is 0.139. The van der Waals surface area contributed by atoms with Gasteiger partial charge in [-0.1, -0.05) is 26.0 Å². The van der Waals surface area contributed by atoms with Crippen LogP contribution in [0.15, 0.2) is 24.3 Å². The molecule has 0 saturated heterocycles. The fraction of sp³-hybridized carbons (Fsp3) is 0.385. The van der Waals surface area contributed by atoms with Crippen LogP contribution in [0, 0.1) is 5.92 Å². The molecule has 0 fully saturated rings. The first-order valence-corrected chi connectivity index (χ1v) is 5.90. The molecule has 1 rings (SSSR count). The van der Waals surface area contributed by atoms with Gasteiger partial charge in [0.2, 0.25) is 0 Å². The zero-order chi connectivity index (χ0) is 15.3. The van der Waals surface area contributed by atoms with Crippen LogP contribution in [-0.2, 0) is 4.79 Å². The maximum atomic E-state index is 12.2. The first kappa shape index (κ1) is 15.9. The summed E-state index contributed by atoms with van der Waals surface area (Å²) in [7, 11) is 0. The average molecular weight is 287 g/mol. The van der Waals surface area contributed by atoms with Gasteiger partial charge in [-0.15, -0.1) is 0 Å². The van der Waals surface area contributed by atoms with Gasteiger partial charge in [0, 0.05) is 0 Å². The van der Waals surface area contributed by atoms with Crippen molar-refractivity contribution >= 4 is 11.9 Å². The van der Waals surface area contributed by atoms with Gasteiger partial charge in [-0.05, 0) is 18.1 Å². The number of ether oxygens (including phenoxy) is 1. The standard InChI is InChI=1S/C13H15F2NO4/c1-7(2)10(12(18)19)16-11(17)8-5-3-4-6-9(8)20-13(14)15/h3-7,10,13H,1-2H3,(H,16,17)(H,18,19)/t10-/m0/s1. The molecular formula is C13H15F2NO4. The van der Waals surface area contributed by atoms with Gasteiger partial charge < -0.3 is 15.2 Å². The van der Waals surface area contributed by atoms with E-state index >= 15 is 0 Å². The summed E-state index contributed by atoms with van der Waals surface area (Å²) in [6, 6.07) is 4.30. The molecule has 0 aromatic heterocycles. The average Bonchev–Trinajstić information content (AvgIpc) is 2.34. The lowest BCUT2D eigenvalue weighted by atomic mass is 10.0. The monoisotopic (exact) mass is 287 g/mol. The fourth-order valence-electron chi connectivity index (χ4n) is 1.59. The van der Waals surface area contributed by atoms with Gasteiger partial charge in [-0.3, -0.25) is 4.79 Å². The number of alkyl halides is 2. The Hall–Kier alpha value is -2.18. The Morgan fingerprint density at radius 2 is 1.85 bits per heavy atom. The molecular weight excluding hydrogens is 272 g/mol. The third kappa shape index (κ3) is 4.18. The summed E-state index contributed by atoms with van der Waals surface area (Å²) in [5.41, 5.74) is -0.139. The van der Waals surface area contributed by atoms with Crippen LogP contribution < -0.4 is 10.1 Å². The number of para-hydroxylation sites is 1. The number of hydrogen-bond acceptors (Lipinski definition) is 3. The maximum Gasteiger partial charge on any atom is 0.387 e. The van der Waals surface area contributed by atoms with E-state index in [-0.39, 0.29) is 17.2 Å². The minimum atomic E-state index is -3.07. The van der Waals surface area contributed by atoms with Crippen molar-refractivity contribution < 1.29 is 28.2 Å². The van der Waals surface area contributed by atoms with Crippen LogP contribution in [0.4, 0.5) is 8.78 Å². The highest BCUT2D eigenvalue weighted by Gasteiger charge is 2.25. The van der Waals surface area contributed by atoms with Gasteiger partial charge in [0.15, 0.2) is 0 Å². The van der Waals surface area contributed by atoms with Crippen LogP contribution in [0.3, 0.4) is 0 Å². The molecule has 0 aliphatic rings. The Bertz CT molecular complexity index is 491. The molecule has 1 atom stereocenters. The number of rotatable bonds is 6. The third-order valence-electron chi connectivity index (χ3n) is 2.57. The molecule has 1 aromatic rings. The molecule has 1 amide bonds. The van der Waals surface area contributed by atoms with Crippen LogP contribution in [0.2, 0.25) is 0 Å². The molecule has 0 bridgehead atoms. The molecule has 2 N–H and O–H groups in total. The second-order valence-corrected chi connectivity index (χ2v) is 4.41. The number of carboxylic acids is 1. The van der Waals surface area contributed by atoms with E-state index in [9.17, 15) is 18.4 Å². The van der Waals surface area contributed by atoms with Crippen molar-refractivity contribution in [2.75, 3.05) is 0 Å². The van der Waals surface area contributed by atoms with Crippen molar-refractivity contribution in [3.63, 3.8) is 0 Å². The molecule has 0 aliphatic heterocycles. The van der Waals surface area contributed by atoms with E-state index in [1.807, 2.05) is 0 Å². The molecule has 0 spiro atoms. The van der Waals surface area contributed by atoms with Crippen molar-refractivity contribution in [2.45, 2.75) is 26.5 Å². The van der Waals surface area contributed by atoms with Crippen LogP contribution in [0.1, 0.15) is 24.2 Å². The van der Waals surface area contributed by atoms with E-state index in [4.69, 9.17) is 5.11 Å². The molecule has 0 saturated carbocycles. The second kappa shape index (κ2) is 6.83. The molecule has 0 radical (unpaired) electrons. The first-order chi connectivity index (χ1) is 9.32. The number of benzene rings is 1. The van der Waals surface area contributed by atoms with Crippen molar-refractivity contribution in [1.82, 2.24) is 5.32 Å². The smallest absolute Gasteiger partial charge is 0.387 e. The summed E-state index contributed by atoms with van der Waals surface area (Å²) in [6.45, 7) is 0.186. The third-order valence-corrected chi connectivity index (χ3v) is 2.57. The Labute approximate surface area is 114 Å². The maximum absolute atomic E-state index is 12.2. The molecule has 20 heavy (non-hydrogen) atoms. The second-order valence-electron chi connectivity index (χ2n) is 4.41. The van der Waals surface area contributed by atoms with Crippen molar-refractivity contribution in [1.29, 1.82) is 0 Å². The lowest BCUT2D eigenvalue weighted by molar-refractivity contribution is -0.140. The number of amides is 1. The van der Waals surface area contributed by atoms with Crippen LogP contribution in [-0.4, -0.2) is 29.6 Å². The topological polar surface area (TPSA) is 75.6 Å². The van der Waals surface area contributed by atoms with Gasteiger partial charge in [0.1, 0.15) is 11.8 Å².